The Hall–Kier alpha value is -2.49. The van der Waals surface area contributed by atoms with Crippen LogP contribution in [0.5, 0.6) is 0 Å². The highest BCUT2D eigenvalue weighted by Crippen LogP contribution is 2.30. The second-order valence-corrected chi connectivity index (χ2v) is 5.11. The van der Waals surface area contributed by atoms with Gasteiger partial charge in [-0.15, -0.1) is 0 Å². The molecular formula is C17H20N2O2. The van der Waals surface area contributed by atoms with Gasteiger partial charge in [0.2, 0.25) is 0 Å². The maximum Gasteiger partial charge on any atom is 0.337 e. The minimum Gasteiger partial charge on any atom is -0.478 e. The van der Waals surface area contributed by atoms with Gasteiger partial charge in [-0.1, -0.05) is 12.1 Å². The fourth-order valence-electron chi connectivity index (χ4n) is 2.42. The number of carboxylic acid groups (broad SMARTS) is 1. The second kappa shape index (κ2) is 5.87. The smallest absolute Gasteiger partial charge is 0.337 e. The molecule has 4 heteroatoms. The molecule has 0 amide bonds. The van der Waals surface area contributed by atoms with Crippen molar-refractivity contribution in [2.24, 2.45) is 0 Å². The fourth-order valence-corrected chi connectivity index (χ4v) is 2.42. The van der Waals surface area contributed by atoms with Crippen molar-refractivity contribution in [2.75, 3.05) is 17.2 Å². The van der Waals surface area contributed by atoms with E-state index in [-0.39, 0.29) is 5.56 Å². The number of nitrogen functional groups attached to an aromatic ring is 1. The molecule has 0 aliphatic carbocycles. The Balaban J connectivity index is 2.55. The average Bonchev–Trinajstić information content (AvgIpc) is 2.43. The van der Waals surface area contributed by atoms with E-state index in [0.29, 0.717) is 5.69 Å². The van der Waals surface area contributed by atoms with Gasteiger partial charge in [0.25, 0.3) is 0 Å². The summed E-state index contributed by atoms with van der Waals surface area (Å²) in [5.41, 5.74) is 10.1. The Kier molecular flexibility index (Phi) is 4.17. The van der Waals surface area contributed by atoms with Crippen LogP contribution in [0.3, 0.4) is 0 Å². The zero-order valence-corrected chi connectivity index (χ0v) is 12.6. The molecule has 0 radical (unpaired) electrons. The first-order valence-corrected chi connectivity index (χ1v) is 6.91. The molecule has 2 rings (SSSR count). The van der Waals surface area contributed by atoms with Crippen LogP contribution in [0, 0.1) is 13.8 Å². The predicted molar refractivity (Wildman–Crippen MR) is 86.4 cm³/mol. The van der Waals surface area contributed by atoms with Crippen LogP contribution in [-0.4, -0.2) is 17.6 Å². The van der Waals surface area contributed by atoms with E-state index in [4.69, 9.17) is 5.73 Å². The summed E-state index contributed by atoms with van der Waals surface area (Å²) in [7, 11) is 0. The molecule has 0 saturated heterocycles. The second-order valence-electron chi connectivity index (χ2n) is 5.11. The number of anilines is 3. The summed E-state index contributed by atoms with van der Waals surface area (Å²) in [5, 5.41) is 9.29. The van der Waals surface area contributed by atoms with Crippen LogP contribution < -0.4 is 10.6 Å². The van der Waals surface area contributed by atoms with Gasteiger partial charge in [-0.3, -0.25) is 0 Å². The van der Waals surface area contributed by atoms with Gasteiger partial charge < -0.3 is 15.7 Å². The number of rotatable bonds is 4. The first kappa shape index (κ1) is 14.9. The lowest BCUT2D eigenvalue weighted by Crippen LogP contribution is -2.17. The highest BCUT2D eigenvalue weighted by Gasteiger charge is 2.15. The number of aromatic carboxylic acids is 1. The van der Waals surface area contributed by atoms with E-state index >= 15 is 0 Å². The van der Waals surface area contributed by atoms with Crippen molar-refractivity contribution in [1.29, 1.82) is 0 Å². The molecule has 3 N–H and O–H groups in total. The van der Waals surface area contributed by atoms with Crippen LogP contribution in [-0.2, 0) is 0 Å². The third-order valence-electron chi connectivity index (χ3n) is 3.54. The van der Waals surface area contributed by atoms with Crippen LogP contribution in [0.1, 0.15) is 28.4 Å². The van der Waals surface area contributed by atoms with Gasteiger partial charge in [-0.05, 0) is 56.2 Å². The first-order chi connectivity index (χ1) is 9.93. The molecule has 110 valence electrons. The predicted octanol–water partition coefficient (Wildman–Crippen LogP) is 3.74. The zero-order valence-electron chi connectivity index (χ0n) is 12.6. The Morgan fingerprint density at radius 2 is 1.90 bits per heavy atom. The molecule has 0 aromatic heterocycles. The number of nitrogens with zero attached hydrogens (tertiary/aromatic N) is 1. The number of aryl methyl sites for hydroxylation is 2. The van der Waals surface area contributed by atoms with Crippen molar-refractivity contribution in [3.05, 3.63) is 53.1 Å². The van der Waals surface area contributed by atoms with Gasteiger partial charge in [0, 0.05) is 23.6 Å². The molecule has 21 heavy (non-hydrogen) atoms. The standard InChI is InChI=1S/C17H20N2O2/c1-4-19(13-7-5-6-11(2)8-13)14-9-12(3)16(18)15(10-14)17(20)21/h5-10H,4,18H2,1-3H3,(H,20,21). The van der Waals surface area contributed by atoms with Crippen molar-refractivity contribution in [1.82, 2.24) is 0 Å². The Labute approximate surface area is 124 Å². The van der Waals surface area contributed by atoms with Gasteiger partial charge in [-0.2, -0.15) is 0 Å². The maximum absolute atomic E-state index is 11.3. The lowest BCUT2D eigenvalue weighted by atomic mass is 10.1. The number of hydrogen-bond donors (Lipinski definition) is 2. The maximum atomic E-state index is 11.3. The Morgan fingerprint density at radius 1 is 1.19 bits per heavy atom. The summed E-state index contributed by atoms with van der Waals surface area (Å²) in [6.45, 7) is 6.64. The third-order valence-corrected chi connectivity index (χ3v) is 3.54. The summed E-state index contributed by atoms with van der Waals surface area (Å²) >= 11 is 0. The topological polar surface area (TPSA) is 66.6 Å². The largest absolute Gasteiger partial charge is 0.478 e. The van der Waals surface area contributed by atoms with Gasteiger partial charge in [0.05, 0.1) is 5.56 Å². The summed E-state index contributed by atoms with van der Waals surface area (Å²) in [5.74, 6) is -1.00. The number of benzene rings is 2. The van der Waals surface area contributed by atoms with Gasteiger partial charge >= 0.3 is 5.97 Å². The van der Waals surface area contributed by atoms with Crippen LogP contribution in [0.25, 0.3) is 0 Å². The van der Waals surface area contributed by atoms with Crippen molar-refractivity contribution in [3.8, 4) is 0 Å². The molecule has 0 bridgehead atoms. The van der Waals surface area contributed by atoms with Crippen LogP contribution in [0.15, 0.2) is 36.4 Å². The van der Waals surface area contributed by atoms with Crippen molar-refractivity contribution >= 4 is 23.0 Å². The van der Waals surface area contributed by atoms with Crippen LogP contribution in [0.2, 0.25) is 0 Å². The van der Waals surface area contributed by atoms with Gasteiger partial charge in [0.1, 0.15) is 0 Å². The van der Waals surface area contributed by atoms with Gasteiger partial charge in [-0.25, -0.2) is 4.79 Å². The molecule has 0 unspecified atom stereocenters. The van der Waals surface area contributed by atoms with E-state index in [1.807, 2.05) is 45.0 Å². The highest BCUT2D eigenvalue weighted by atomic mass is 16.4. The Morgan fingerprint density at radius 3 is 2.48 bits per heavy atom. The van der Waals surface area contributed by atoms with E-state index in [2.05, 4.69) is 11.0 Å². The molecule has 2 aromatic rings. The monoisotopic (exact) mass is 284 g/mol. The SMILES string of the molecule is CCN(c1cccc(C)c1)c1cc(C)c(N)c(C(=O)O)c1. The summed E-state index contributed by atoms with van der Waals surface area (Å²) < 4.78 is 0. The van der Waals surface area contributed by atoms with E-state index in [9.17, 15) is 9.90 Å². The molecule has 0 fully saturated rings. The van der Waals surface area contributed by atoms with E-state index < -0.39 is 5.97 Å². The van der Waals surface area contributed by atoms with Crippen molar-refractivity contribution < 1.29 is 9.90 Å². The van der Waals surface area contributed by atoms with Crippen molar-refractivity contribution in [2.45, 2.75) is 20.8 Å². The zero-order chi connectivity index (χ0) is 15.6. The lowest BCUT2D eigenvalue weighted by Gasteiger charge is -2.25. The lowest BCUT2D eigenvalue weighted by molar-refractivity contribution is 0.0698. The molecular weight excluding hydrogens is 264 g/mol. The molecule has 0 heterocycles. The summed E-state index contributed by atoms with van der Waals surface area (Å²) in [4.78, 5) is 13.4. The quantitative estimate of drug-likeness (QED) is 0.839. The number of carbonyl (C=O) groups is 1. The molecule has 0 atom stereocenters. The third kappa shape index (κ3) is 2.99. The van der Waals surface area contributed by atoms with Crippen molar-refractivity contribution in [3.63, 3.8) is 0 Å². The summed E-state index contributed by atoms with van der Waals surface area (Å²) in [6, 6.07) is 11.7. The van der Waals surface area contributed by atoms with E-state index in [0.717, 1.165) is 29.0 Å². The van der Waals surface area contributed by atoms with E-state index in [1.165, 1.54) is 0 Å². The van der Waals surface area contributed by atoms with Crippen LogP contribution in [0.4, 0.5) is 17.1 Å². The molecule has 2 aromatic carbocycles. The van der Waals surface area contributed by atoms with Gasteiger partial charge in [0.15, 0.2) is 0 Å². The fraction of sp³-hybridized carbons (Fsp3) is 0.235. The Bertz CT molecular complexity index is 680. The first-order valence-electron chi connectivity index (χ1n) is 6.91. The molecule has 0 spiro atoms. The molecule has 0 aliphatic heterocycles. The normalized spacial score (nSPS) is 10.4. The number of hydrogen-bond acceptors (Lipinski definition) is 3. The minimum atomic E-state index is -1.00. The average molecular weight is 284 g/mol. The minimum absolute atomic E-state index is 0.149. The number of nitrogens with two attached hydrogens (primary N) is 1. The number of carboxylic acids is 1. The highest BCUT2D eigenvalue weighted by molar-refractivity contribution is 5.96. The van der Waals surface area contributed by atoms with E-state index in [1.54, 1.807) is 6.07 Å². The molecule has 4 nitrogen and oxygen atoms in total. The molecule has 0 aliphatic rings. The summed E-state index contributed by atoms with van der Waals surface area (Å²) in [6.07, 6.45) is 0. The van der Waals surface area contributed by atoms with Crippen LogP contribution >= 0.6 is 0 Å². The molecule has 0 saturated carbocycles.